The van der Waals surface area contributed by atoms with Crippen LogP contribution in [0.5, 0.6) is 5.75 Å². The van der Waals surface area contributed by atoms with Gasteiger partial charge in [-0.25, -0.2) is 8.42 Å². The topological polar surface area (TPSA) is 75.7 Å². The van der Waals surface area contributed by atoms with Crippen molar-refractivity contribution in [3.63, 3.8) is 0 Å². The van der Waals surface area contributed by atoms with Crippen molar-refractivity contribution in [2.45, 2.75) is 30.6 Å². The van der Waals surface area contributed by atoms with Crippen LogP contribution in [0.15, 0.2) is 59.5 Å². The van der Waals surface area contributed by atoms with Crippen LogP contribution >= 0.6 is 0 Å². The second kappa shape index (κ2) is 9.05. The number of benzene rings is 2. The Bertz CT molecular complexity index is 956. The highest BCUT2D eigenvalue weighted by Crippen LogP contribution is 2.25. The van der Waals surface area contributed by atoms with E-state index in [2.05, 4.69) is 10.1 Å². The molecule has 30 heavy (non-hydrogen) atoms. The van der Waals surface area contributed by atoms with E-state index in [1.54, 1.807) is 30.3 Å². The molecule has 10 heteroatoms. The summed E-state index contributed by atoms with van der Waals surface area (Å²) in [5.74, 6) is -0.855. The highest BCUT2D eigenvalue weighted by molar-refractivity contribution is 7.89. The largest absolute Gasteiger partial charge is 0.573 e. The van der Waals surface area contributed by atoms with Crippen LogP contribution in [0.3, 0.4) is 0 Å². The number of halogens is 3. The van der Waals surface area contributed by atoms with Crippen LogP contribution in [0.4, 0.5) is 13.2 Å². The molecule has 6 nitrogen and oxygen atoms in total. The molecule has 1 aliphatic rings. The first-order valence-electron chi connectivity index (χ1n) is 9.33. The molecule has 1 saturated heterocycles. The number of amides is 1. The number of ether oxygens (including phenoxy) is 1. The number of nitrogens with zero attached hydrogens (tertiary/aromatic N) is 1. The number of rotatable bonds is 6. The molecular formula is C20H21F3N2O4S. The number of carbonyl (C=O) groups excluding carboxylic acids is 1. The molecule has 2 aromatic carbocycles. The van der Waals surface area contributed by atoms with E-state index < -0.39 is 16.4 Å². The zero-order valence-corrected chi connectivity index (χ0v) is 16.7. The van der Waals surface area contributed by atoms with E-state index in [0.29, 0.717) is 18.4 Å². The third-order valence-electron chi connectivity index (χ3n) is 4.83. The number of hydrogen-bond donors (Lipinski definition) is 1. The highest BCUT2D eigenvalue weighted by atomic mass is 32.2. The fraction of sp³-hybridized carbons (Fsp3) is 0.350. The third-order valence-corrected chi connectivity index (χ3v) is 6.74. The van der Waals surface area contributed by atoms with E-state index in [1.807, 2.05) is 0 Å². The summed E-state index contributed by atoms with van der Waals surface area (Å²) in [6.07, 6.45) is -3.95. The monoisotopic (exact) mass is 442 g/mol. The fourth-order valence-corrected chi connectivity index (χ4v) is 4.73. The Labute approximate surface area is 172 Å². The van der Waals surface area contributed by atoms with Gasteiger partial charge in [-0.15, -0.1) is 13.2 Å². The Hall–Kier alpha value is -2.59. The van der Waals surface area contributed by atoms with Crippen LogP contribution in [0.1, 0.15) is 18.4 Å². The van der Waals surface area contributed by atoms with Crippen LogP contribution in [-0.4, -0.2) is 38.1 Å². The van der Waals surface area contributed by atoms with Gasteiger partial charge in [0.25, 0.3) is 0 Å². The number of carbonyl (C=O) groups is 1. The Balaban J connectivity index is 1.49. The van der Waals surface area contributed by atoms with Gasteiger partial charge in [0.2, 0.25) is 15.9 Å². The molecule has 1 N–H and O–H groups in total. The first kappa shape index (κ1) is 22.1. The van der Waals surface area contributed by atoms with Crippen molar-refractivity contribution in [3.8, 4) is 5.75 Å². The van der Waals surface area contributed by atoms with Crippen LogP contribution in [0.2, 0.25) is 0 Å². The number of sulfonamides is 1. The van der Waals surface area contributed by atoms with E-state index >= 15 is 0 Å². The minimum atomic E-state index is -4.75. The lowest BCUT2D eigenvalue weighted by atomic mass is 9.97. The Morgan fingerprint density at radius 1 is 1.03 bits per heavy atom. The maximum Gasteiger partial charge on any atom is 0.573 e. The zero-order chi connectivity index (χ0) is 21.8. The molecule has 0 spiro atoms. The molecule has 0 radical (unpaired) electrons. The number of nitrogens with one attached hydrogen (secondary N) is 1. The van der Waals surface area contributed by atoms with Gasteiger partial charge in [-0.1, -0.05) is 30.3 Å². The van der Waals surface area contributed by atoms with E-state index in [4.69, 9.17) is 0 Å². The van der Waals surface area contributed by atoms with Crippen molar-refractivity contribution >= 4 is 15.9 Å². The maximum absolute atomic E-state index is 12.6. The number of piperidine rings is 1. The Morgan fingerprint density at radius 3 is 2.20 bits per heavy atom. The van der Waals surface area contributed by atoms with Gasteiger partial charge in [0.05, 0.1) is 4.90 Å². The third kappa shape index (κ3) is 5.73. The second-order valence-corrected chi connectivity index (χ2v) is 8.84. The molecule has 0 unspecified atom stereocenters. The standard InChI is InChI=1S/C20H21F3N2O4S/c21-20(22,23)29-17-8-6-15(7-9-17)14-24-19(26)16-10-12-25(13-11-16)30(27,28)18-4-2-1-3-5-18/h1-9,16H,10-14H2,(H,24,26). The minimum Gasteiger partial charge on any atom is -0.406 e. The normalized spacial score (nSPS) is 16.2. The molecule has 0 atom stereocenters. The molecule has 1 fully saturated rings. The average Bonchev–Trinajstić information content (AvgIpc) is 2.72. The van der Waals surface area contributed by atoms with Gasteiger partial charge in [-0.2, -0.15) is 4.31 Å². The summed E-state index contributed by atoms with van der Waals surface area (Å²) in [5, 5.41) is 2.75. The molecule has 1 aliphatic heterocycles. The van der Waals surface area contributed by atoms with Crippen molar-refractivity contribution in [2.75, 3.05) is 13.1 Å². The van der Waals surface area contributed by atoms with E-state index in [0.717, 1.165) is 0 Å². The SMILES string of the molecule is O=C(NCc1ccc(OC(F)(F)F)cc1)C1CCN(S(=O)(=O)c2ccccc2)CC1. The molecule has 1 heterocycles. The van der Waals surface area contributed by atoms with Crippen LogP contribution in [0.25, 0.3) is 0 Å². The predicted molar refractivity (Wildman–Crippen MR) is 103 cm³/mol. The van der Waals surface area contributed by atoms with Crippen molar-refractivity contribution in [2.24, 2.45) is 5.92 Å². The van der Waals surface area contributed by atoms with Crippen molar-refractivity contribution in [3.05, 3.63) is 60.2 Å². The quantitative estimate of drug-likeness (QED) is 0.745. The van der Waals surface area contributed by atoms with Crippen molar-refractivity contribution < 1.29 is 31.1 Å². The van der Waals surface area contributed by atoms with Crippen LogP contribution < -0.4 is 10.1 Å². The Kier molecular flexibility index (Phi) is 6.67. The van der Waals surface area contributed by atoms with Gasteiger partial charge < -0.3 is 10.1 Å². The molecule has 2 aromatic rings. The van der Waals surface area contributed by atoms with Crippen molar-refractivity contribution in [1.29, 1.82) is 0 Å². The first-order chi connectivity index (χ1) is 14.1. The maximum atomic E-state index is 12.6. The van der Waals surface area contributed by atoms with Crippen LogP contribution in [0, 0.1) is 5.92 Å². The van der Waals surface area contributed by atoms with Gasteiger partial charge in [0, 0.05) is 25.6 Å². The van der Waals surface area contributed by atoms with Crippen molar-refractivity contribution in [1.82, 2.24) is 9.62 Å². The molecule has 0 bridgehead atoms. The molecule has 0 saturated carbocycles. The molecule has 3 rings (SSSR count). The highest BCUT2D eigenvalue weighted by Gasteiger charge is 2.32. The smallest absolute Gasteiger partial charge is 0.406 e. The zero-order valence-electron chi connectivity index (χ0n) is 15.9. The van der Waals surface area contributed by atoms with Gasteiger partial charge in [-0.3, -0.25) is 4.79 Å². The summed E-state index contributed by atoms with van der Waals surface area (Å²) in [6, 6.07) is 13.4. The van der Waals surface area contributed by atoms with E-state index in [9.17, 15) is 26.4 Å². The van der Waals surface area contributed by atoms with Gasteiger partial charge in [0.15, 0.2) is 0 Å². The minimum absolute atomic E-state index is 0.160. The van der Waals surface area contributed by atoms with Gasteiger partial charge in [0.1, 0.15) is 5.75 Å². The summed E-state index contributed by atoms with van der Waals surface area (Å²) >= 11 is 0. The molecule has 162 valence electrons. The van der Waals surface area contributed by atoms with E-state index in [-0.39, 0.29) is 42.1 Å². The van der Waals surface area contributed by atoms with E-state index in [1.165, 1.54) is 28.6 Å². The summed E-state index contributed by atoms with van der Waals surface area (Å²) in [5.41, 5.74) is 0.627. The predicted octanol–water partition coefficient (Wildman–Crippen LogP) is 3.30. The molecule has 0 aliphatic carbocycles. The number of alkyl halides is 3. The molecule has 0 aromatic heterocycles. The fourth-order valence-electron chi connectivity index (χ4n) is 3.24. The van der Waals surface area contributed by atoms with Crippen LogP contribution in [-0.2, 0) is 21.4 Å². The van der Waals surface area contributed by atoms with Gasteiger partial charge in [-0.05, 0) is 42.7 Å². The average molecular weight is 442 g/mol. The summed E-state index contributed by atoms with van der Waals surface area (Å²) in [4.78, 5) is 12.6. The lowest BCUT2D eigenvalue weighted by Crippen LogP contribution is -2.42. The summed E-state index contributed by atoms with van der Waals surface area (Å²) in [7, 11) is -3.57. The lowest BCUT2D eigenvalue weighted by molar-refractivity contribution is -0.274. The molecular weight excluding hydrogens is 421 g/mol. The number of hydrogen-bond acceptors (Lipinski definition) is 4. The van der Waals surface area contributed by atoms with Gasteiger partial charge >= 0.3 is 6.36 Å². The first-order valence-corrected chi connectivity index (χ1v) is 10.8. The molecule has 1 amide bonds. The summed E-state index contributed by atoms with van der Waals surface area (Å²) in [6.45, 7) is 0.658. The lowest BCUT2D eigenvalue weighted by Gasteiger charge is -2.30. The Morgan fingerprint density at radius 2 is 1.63 bits per heavy atom. The second-order valence-electron chi connectivity index (χ2n) is 6.90. The summed E-state index contributed by atoms with van der Waals surface area (Å²) < 4.78 is 67.0.